The summed E-state index contributed by atoms with van der Waals surface area (Å²) in [6, 6.07) is 16.9. The SMILES string of the molecule is C=C1NCC(=O)N[C@H](Cc2ccc(O)cc2)C(=O)N(C)[C@H](CCCNC(C)C)C(=O)N[C@@H](CCCNC(=N)N)C(=O)N[C@H]1Cc1ccc2ccccc2c1. The first-order valence-corrected chi connectivity index (χ1v) is 18.5. The van der Waals surface area contributed by atoms with Crippen molar-refractivity contribution in [3.05, 3.63) is 90.1 Å². The molecule has 0 spiro atoms. The number of rotatable bonds is 13. The third kappa shape index (κ3) is 12.5. The minimum absolute atomic E-state index is 0.0655. The van der Waals surface area contributed by atoms with Crippen molar-refractivity contribution in [1.82, 2.24) is 36.8 Å². The van der Waals surface area contributed by atoms with Crippen LogP contribution in [-0.4, -0.2) is 96.5 Å². The van der Waals surface area contributed by atoms with Crippen molar-refractivity contribution in [3.8, 4) is 5.75 Å². The minimum atomic E-state index is -1.04. The Bertz CT molecular complexity index is 1780. The lowest BCUT2D eigenvalue weighted by Gasteiger charge is -2.32. The van der Waals surface area contributed by atoms with E-state index in [9.17, 15) is 24.3 Å². The number of carbonyl (C=O) groups is 4. The van der Waals surface area contributed by atoms with Crippen LogP contribution in [0.3, 0.4) is 0 Å². The number of phenolic OH excluding ortho intramolecular Hbond substituents is 1. The van der Waals surface area contributed by atoms with Gasteiger partial charge in [-0.15, -0.1) is 0 Å². The topological polar surface area (TPSA) is 214 Å². The van der Waals surface area contributed by atoms with E-state index in [4.69, 9.17) is 11.1 Å². The van der Waals surface area contributed by atoms with Gasteiger partial charge in [-0.05, 0) is 72.7 Å². The van der Waals surface area contributed by atoms with Gasteiger partial charge in [-0.25, -0.2) is 0 Å². The summed E-state index contributed by atoms with van der Waals surface area (Å²) in [5.74, 6) is -2.08. The average molecular weight is 742 g/mol. The van der Waals surface area contributed by atoms with Gasteiger partial charge in [0, 0.05) is 31.8 Å². The molecule has 10 N–H and O–H groups in total. The average Bonchev–Trinajstić information content (AvgIpc) is 3.14. The summed E-state index contributed by atoms with van der Waals surface area (Å²) in [7, 11) is 1.53. The Morgan fingerprint density at radius 1 is 0.870 bits per heavy atom. The van der Waals surface area contributed by atoms with E-state index >= 15 is 0 Å². The lowest BCUT2D eigenvalue weighted by molar-refractivity contribution is -0.142. The number of likely N-dealkylation sites (N-methyl/N-ethyl adjacent to an activating group) is 1. The van der Waals surface area contributed by atoms with Crippen LogP contribution in [0.4, 0.5) is 0 Å². The lowest BCUT2D eigenvalue weighted by Crippen LogP contribution is -2.58. The monoisotopic (exact) mass is 741 g/mol. The molecule has 1 aliphatic rings. The van der Waals surface area contributed by atoms with Gasteiger partial charge in [0.15, 0.2) is 5.96 Å². The third-order valence-corrected chi connectivity index (χ3v) is 9.42. The van der Waals surface area contributed by atoms with Gasteiger partial charge in [-0.1, -0.05) is 75.0 Å². The zero-order valence-electron chi connectivity index (χ0n) is 31.4. The molecule has 1 fully saturated rings. The molecule has 0 radical (unpaired) electrons. The maximum Gasteiger partial charge on any atom is 0.245 e. The summed E-state index contributed by atoms with van der Waals surface area (Å²) >= 11 is 0. The fourth-order valence-electron chi connectivity index (χ4n) is 6.42. The molecule has 4 atom stereocenters. The van der Waals surface area contributed by atoms with E-state index in [0.29, 0.717) is 43.6 Å². The molecule has 0 aliphatic carbocycles. The highest BCUT2D eigenvalue weighted by Crippen LogP contribution is 2.19. The van der Waals surface area contributed by atoms with Gasteiger partial charge in [-0.3, -0.25) is 24.6 Å². The number of guanidine groups is 1. The largest absolute Gasteiger partial charge is 0.508 e. The number of nitrogens with two attached hydrogens (primary N) is 1. The molecule has 3 aromatic carbocycles. The third-order valence-electron chi connectivity index (χ3n) is 9.42. The molecular weight excluding hydrogens is 686 g/mol. The van der Waals surface area contributed by atoms with Crippen LogP contribution in [0.25, 0.3) is 10.8 Å². The number of hydrogen-bond acceptors (Lipinski definition) is 8. The van der Waals surface area contributed by atoms with E-state index in [0.717, 1.165) is 16.3 Å². The Hall–Kier alpha value is -5.63. The normalized spacial score (nSPS) is 20.4. The van der Waals surface area contributed by atoms with Crippen LogP contribution in [0.2, 0.25) is 0 Å². The fourth-order valence-corrected chi connectivity index (χ4v) is 6.42. The van der Waals surface area contributed by atoms with E-state index in [2.05, 4.69) is 38.5 Å². The van der Waals surface area contributed by atoms with Gasteiger partial charge in [0.1, 0.15) is 23.9 Å². The summed E-state index contributed by atoms with van der Waals surface area (Å²) < 4.78 is 0. The van der Waals surface area contributed by atoms with Gasteiger partial charge >= 0.3 is 0 Å². The van der Waals surface area contributed by atoms with Gasteiger partial charge in [0.05, 0.1) is 12.6 Å². The first-order chi connectivity index (χ1) is 25.8. The Morgan fingerprint density at radius 2 is 1.52 bits per heavy atom. The molecule has 290 valence electrons. The molecule has 4 amide bonds. The molecule has 0 bridgehead atoms. The lowest BCUT2D eigenvalue weighted by atomic mass is 9.99. The van der Waals surface area contributed by atoms with Gasteiger partial charge in [0.2, 0.25) is 23.6 Å². The summed E-state index contributed by atoms with van der Waals surface area (Å²) in [5.41, 5.74) is 7.47. The van der Waals surface area contributed by atoms with Gasteiger partial charge < -0.3 is 47.6 Å². The number of phenols is 1. The first-order valence-electron chi connectivity index (χ1n) is 18.5. The number of benzene rings is 3. The molecule has 54 heavy (non-hydrogen) atoms. The summed E-state index contributed by atoms with van der Waals surface area (Å²) in [5, 5.41) is 37.5. The van der Waals surface area contributed by atoms with E-state index in [1.54, 1.807) is 12.1 Å². The molecule has 1 saturated heterocycles. The predicted molar refractivity (Wildman–Crippen MR) is 210 cm³/mol. The quantitative estimate of drug-likeness (QED) is 0.0709. The molecule has 1 aliphatic heterocycles. The van der Waals surface area contributed by atoms with Crippen molar-refractivity contribution >= 4 is 40.4 Å². The highest BCUT2D eigenvalue weighted by Gasteiger charge is 2.35. The second-order valence-corrected chi connectivity index (χ2v) is 14.1. The molecule has 0 saturated carbocycles. The number of carbonyl (C=O) groups excluding carboxylic acids is 4. The second kappa shape index (κ2) is 20.0. The zero-order chi connectivity index (χ0) is 39.2. The fraction of sp³-hybridized carbons (Fsp3) is 0.425. The van der Waals surface area contributed by atoms with E-state index in [-0.39, 0.29) is 43.6 Å². The van der Waals surface area contributed by atoms with Crippen LogP contribution >= 0.6 is 0 Å². The molecule has 0 unspecified atom stereocenters. The molecule has 14 heteroatoms. The first kappa shape index (κ1) is 41.1. The van der Waals surface area contributed by atoms with Gasteiger partial charge in [0.25, 0.3) is 0 Å². The molecule has 14 nitrogen and oxygen atoms in total. The molecular formula is C40H55N9O5. The Morgan fingerprint density at radius 3 is 2.22 bits per heavy atom. The summed E-state index contributed by atoms with van der Waals surface area (Å²) in [6.45, 7) is 8.90. The van der Waals surface area contributed by atoms with E-state index in [1.807, 2.05) is 56.3 Å². The Labute approximate surface area is 317 Å². The maximum absolute atomic E-state index is 14.2. The van der Waals surface area contributed by atoms with Crippen molar-refractivity contribution in [2.24, 2.45) is 5.73 Å². The number of fused-ring (bicyclic) bond motifs is 1. The summed E-state index contributed by atoms with van der Waals surface area (Å²) in [4.78, 5) is 57.5. The van der Waals surface area contributed by atoms with Crippen molar-refractivity contribution in [3.63, 3.8) is 0 Å². The predicted octanol–water partition coefficient (Wildman–Crippen LogP) is 1.77. The van der Waals surface area contributed by atoms with Crippen molar-refractivity contribution < 1.29 is 24.3 Å². The molecule has 3 aromatic rings. The van der Waals surface area contributed by atoms with E-state index < -0.39 is 47.8 Å². The highest BCUT2D eigenvalue weighted by molar-refractivity contribution is 5.95. The standard InChI is InChI=1S/C40H55N9O5/c1-25(2)43-19-8-12-35-38(53)47-32(11-7-20-44-40(41)42)37(52)48-33(23-28-13-16-29-9-5-6-10-30(29)21-28)26(3)45-24-36(51)46-34(39(54)49(35)4)22-27-14-17-31(50)18-15-27/h5-6,9-10,13-18,21,25,32-35,43,45,50H,3,7-8,11-12,19-20,22-24H2,1-2,4H3,(H,46,51)(H,47,53)(H,48,52)(H4,41,42,44)/t32-,33-,34+,35+/m0/s1. The van der Waals surface area contributed by atoms with Crippen LogP contribution in [0.5, 0.6) is 5.75 Å². The van der Waals surface area contributed by atoms with Crippen LogP contribution in [-0.2, 0) is 32.0 Å². The number of nitrogens with zero attached hydrogens (tertiary/aromatic N) is 1. The van der Waals surface area contributed by atoms with Crippen LogP contribution in [0.15, 0.2) is 79.0 Å². The van der Waals surface area contributed by atoms with Crippen LogP contribution < -0.4 is 37.6 Å². The maximum atomic E-state index is 14.2. The summed E-state index contributed by atoms with van der Waals surface area (Å²) in [6.07, 6.45) is 1.90. The zero-order valence-corrected chi connectivity index (χ0v) is 31.4. The smallest absolute Gasteiger partial charge is 0.245 e. The minimum Gasteiger partial charge on any atom is -0.508 e. The van der Waals surface area contributed by atoms with Crippen LogP contribution in [0.1, 0.15) is 50.7 Å². The van der Waals surface area contributed by atoms with E-state index in [1.165, 1.54) is 24.1 Å². The van der Waals surface area contributed by atoms with Crippen molar-refractivity contribution in [1.29, 1.82) is 5.41 Å². The number of aromatic hydroxyl groups is 1. The molecule has 4 rings (SSSR count). The Kier molecular flexibility index (Phi) is 15.2. The number of nitrogens with one attached hydrogen (secondary N) is 7. The highest BCUT2D eigenvalue weighted by atomic mass is 16.3. The molecule has 1 heterocycles. The number of hydrogen-bond donors (Lipinski definition) is 9. The number of amides is 4. The Balaban J connectivity index is 1.69. The van der Waals surface area contributed by atoms with Gasteiger partial charge in [-0.2, -0.15) is 0 Å². The van der Waals surface area contributed by atoms with Crippen molar-refractivity contribution in [2.75, 3.05) is 26.7 Å². The molecule has 0 aromatic heterocycles. The van der Waals surface area contributed by atoms with Crippen LogP contribution in [0, 0.1) is 5.41 Å². The van der Waals surface area contributed by atoms with Crippen molar-refractivity contribution in [2.45, 2.75) is 82.6 Å². The second-order valence-electron chi connectivity index (χ2n) is 14.1.